The molecule has 126 valence electrons. The Balaban J connectivity index is 1.58. The molecule has 1 aliphatic rings. The Morgan fingerprint density at radius 1 is 1.12 bits per heavy atom. The molecule has 0 saturated heterocycles. The molecule has 3 rings (SSSR count). The average Bonchev–Trinajstić information content (AvgIpc) is 2.62. The molecule has 1 aromatic carbocycles. The number of nitrogens with one attached hydrogen (secondary N) is 2. The first-order valence-corrected chi connectivity index (χ1v) is 8.77. The minimum Gasteiger partial charge on any atom is -0.382 e. The van der Waals surface area contributed by atoms with Gasteiger partial charge in [-0.2, -0.15) is 0 Å². The normalized spacial score (nSPS) is 15.0. The number of nitrogens with zero attached hydrogens (tertiary/aromatic N) is 1. The van der Waals surface area contributed by atoms with Gasteiger partial charge in [-0.25, -0.2) is 0 Å². The first kappa shape index (κ1) is 16.5. The standard InChI is InChI=1S/C20H25N3O/c1-15-7-9-16(10-8-15)14-22-20(24)19-13-18(11-12-21-19)23-17-5-3-2-4-6-17/h7-13,17H,2-6,14H2,1H3,(H,21,23)(H,22,24). The highest BCUT2D eigenvalue weighted by atomic mass is 16.1. The number of aryl methyl sites for hydroxylation is 1. The maximum Gasteiger partial charge on any atom is 0.270 e. The summed E-state index contributed by atoms with van der Waals surface area (Å²) in [4.78, 5) is 16.5. The van der Waals surface area contributed by atoms with Crippen LogP contribution in [0.15, 0.2) is 42.6 Å². The van der Waals surface area contributed by atoms with E-state index in [0.29, 0.717) is 18.3 Å². The summed E-state index contributed by atoms with van der Waals surface area (Å²) in [6, 6.07) is 12.5. The predicted octanol–water partition coefficient (Wildman–Crippen LogP) is 4.06. The number of anilines is 1. The summed E-state index contributed by atoms with van der Waals surface area (Å²) >= 11 is 0. The Kier molecular flexibility index (Phi) is 5.47. The fraction of sp³-hybridized carbons (Fsp3) is 0.400. The highest BCUT2D eigenvalue weighted by molar-refractivity contribution is 5.93. The zero-order chi connectivity index (χ0) is 16.8. The number of pyridine rings is 1. The van der Waals surface area contributed by atoms with Crippen LogP contribution in [0.4, 0.5) is 5.69 Å². The van der Waals surface area contributed by atoms with Crippen molar-refractivity contribution in [3.8, 4) is 0 Å². The van der Waals surface area contributed by atoms with Gasteiger partial charge in [-0.3, -0.25) is 9.78 Å². The number of hydrogen-bond donors (Lipinski definition) is 2. The van der Waals surface area contributed by atoms with Crippen LogP contribution in [-0.4, -0.2) is 16.9 Å². The number of carbonyl (C=O) groups is 1. The molecule has 1 fully saturated rings. The molecule has 24 heavy (non-hydrogen) atoms. The molecule has 0 unspecified atom stereocenters. The van der Waals surface area contributed by atoms with Gasteiger partial charge in [-0.1, -0.05) is 49.1 Å². The minimum absolute atomic E-state index is 0.136. The molecule has 2 aromatic rings. The van der Waals surface area contributed by atoms with Crippen LogP contribution in [-0.2, 0) is 6.54 Å². The summed E-state index contributed by atoms with van der Waals surface area (Å²) in [7, 11) is 0. The lowest BCUT2D eigenvalue weighted by Crippen LogP contribution is -2.25. The molecule has 0 spiro atoms. The molecule has 0 aliphatic heterocycles. The Morgan fingerprint density at radius 2 is 1.88 bits per heavy atom. The largest absolute Gasteiger partial charge is 0.382 e. The van der Waals surface area contributed by atoms with E-state index in [2.05, 4.69) is 34.7 Å². The minimum atomic E-state index is -0.136. The first-order valence-electron chi connectivity index (χ1n) is 8.77. The van der Waals surface area contributed by atoms with Gasteiger partial charge in [0.2, 0.25) is 0 Å². The van der Waals surface area contributed by atoms with Crippen molar-refractivity contribution < 1.29 is 4.79 Å². The Morgan fingerprint density at radius 3 is 2.62 bits per heavy atom. The molecule has 4 heteroatoms. The summed E-state index contributed by atoms with van der Waals surface area (Å²) in [5, 5.41) is 6.47. The molecular formula is C20H25N3O. The molecule has 1 saturated carbocycles. The third kappa shape index (κ3) is 4.57. The fourth-order valence-electron chi connectivity index (χ4n) is 3.11. The SMILES string of the molecule is Cc1ccc(CNC(=O)c2cc(NC3CCCCC3)ccn2)cc1. The molecule has 2 N–H and O–H groups in total. The van der Waals surface area contributed by atoms with Crippen LogP contribution in [0.5, 0.6) is 0 Å². The number of benzene rings is 1. The highest BCUT2D eigenvalue weighted by Crippen LogP contribution is 2.21. The fourth-order valence-corrected chi connectivity index (χ4v) is 3.11. The maximum atomic E-state index is 12.3. The maximum absolute atomic E-state index is 12.3. The lowest BCUT2D eigenvalue weighted by Gasteiger charge is -2.23. The van der Waals surface area contributed by atoms with Crippen molar-refractivity contribution in [1.82, 2.24) is 10.3 Å². The second-order valence-corrected chi connectivity index (χ2v) is 6.58. The third-order valence-electron chi connectivity index (χ3n) is 4.54. The van der Waals surface area contributed by atoms with Crippen molar-refractivity contribution in [1.29, 1.82) is 0 Å². The summed E-state index contributed by atoms with van der Waals surface area (Å²) in [5.41, 5.74) is 3.75. The zero-order valence-electron chi connectivity index (χ0n) is 14.2. The van der Waals surface area contributed by atoms with Crippen LogP contribution in [0.2, 0.25) is 0 Å². The van der Waals surface area contributed by atoms with Crippen LogP contribution in [0.3, 0.4) is 0 Å². The third-order valence-corrected chi connectivity index (χ3v) is 4.54. The van der Waals surface area contributed by atoms with E-state index in [-0.39, 0.29) is 5.91 Å². The van der Waals surface area contributed by atoms with Crippen molar-refractivity contribution in [2.45, 2.75) is 51.6 Å². The molecule has 1 aliphatic carbocycles. The van der Waals surface area contributed by atoms with Gasteiger partial charge in [-0.05, 0) is 37.5 Å². The van der Waals surface area contributed by atoms with Gasteiger partial charge in [0.05, 0.1) is 0 Å². The average molecular weight is 323 g/mol. The number of aromatic nitrogens is 1. The van der Waals surface area contributed by atoms with Crippen LogP contribution in [0.25, 0.3) is 0 Å². The summed E-state index contributed by atoms with van der Waals surface area (Å²) < 4.78 is 0. The lowest BCUT2D eigenvalue weighted by molar-refractivity contribution is 0.0946. The molecule has 1 aromatic heterocycles. The van der Waals surface area contributed by atoms with Gasteiger partial charge in [0.15, 0.2) is 0 Å². The molecule has 0 bridgehead atoms. The van der Waals surface area contributed by atoms with Gasteiger partial charge in [0.1, 0.15) is 5.69 Å². The molecule has 1 heterocycles. The van der Waals surface area contributed by atoms with E-state index >= 15 is 0 Å². The Labute approximate surface area is 143 Å². The Hall–Kier alpha value is -2.36. The van der Waals surface area contributed by atoms with E-state index in [9.17, 15) is 4.79 Å². The van der Waals surface area contributed by atoms with E-state index < -0.39 is 0 Å². The quantitative estimate of drug-likeness (QED) is 0.872. The molecule has 4 nitrogen and oxygen atoms in total. The topological polar surface area (TPSA) is 54.0 Å². The Bertz CT molecular complexity index is 676. The van der Waals surface area contributed by atoms with Crippen molar-refractivity contribution in [2.75, 3.05) is 5.32 Å². The summed E-state index contributed by atoms with van der Waals surface area (Å²) in [5.74, 6) is -0.136. The molecule has 0 atom stereocenters. The smallest absolute Gasteiger partial charge is 0.270 e. The molecule has 1 amide bonds. The van der Waals surface area contributed by atoms with E-state index in [0.717, 1.165) is 11.3 Å². The first-order chi connectivity index (χ1) is 11.7. The molecule has 0 radical (unpaired) electrons. The van der Waals surface area contributed by atoms with E-state index in [4.69, 9.17) is 0 Å². The number of hydrogen-bond acceptors (Lipinski definition) is 3. The second-order valence-electron chi connectivity index (χ2n) is 6.58. The van der Waals surface area contributed by atoms with Crippen molar-refractivity contribution in [3.05, 3.63) is 59.4 Å². The molecular weight excluding hydrogens is 298 g/mol. The van der Waals surface area contributed by atoms with Gasteiger partial charge >= 0.3 is 0 Å². The van der Waals surface area contributed by atoms with Gasteiger partial charge in [0, 0.05) is 24.5 Å². The zero-order valence-corrected chi connectivity index (χ0v) is 14.2. The van der Waals surface area contributed by atoms with Crippen LogP contribution in [0, 0.1) is 6.92 Å². The van der Waals surface area contributed by atoms with Crippen LogP contribution >= 0.6 is 0 Å². The number of amides is 1. The second kappa shape index (κ2) is 7.95. The van der Waals surface area contributed by atoms with E-state index in [1.807, 2.05) is 24.3 Å². The summed E-state index contributed by atoms with van der Waals surface area (Å²) in [6.45, 7) is 2.57. The lowest BCUT2D eigenvalue weighted by atomic mass is 9.95. The number of rotatable bonds is 5. The van der Waals surface area contributed by atoms with E-state index in [1.54, 1.807) is 6.20 Å². The van der Waals surface area contributed by atoms with Crippen molar-refractivity contribution >= 4 is 11.6 Å². The van der Waals surface area contributed by atoms with Gasteiger partial charge in [-0.15, -0.1) is 0 Å². The monoisotopic (exact) mass is 323 g/mol. The van der Waals surface area contributed by atoms with Gasteiger partial charge in [0.25, 0.3) is 5.91 Å². The van der Waals surface area contributed by atoms with Crippen molar-refractivity contribution in [3.63, 3.8) is 0 Å². The van der Waals surface area contributed by atoms with E-state index in [1.165, 1.54) is 37.7 Å². The predicted molar refractivity (Wildman–Crippen MR) is 97.1 cm³/mol. The summed E-state index contributed by atoms with van der Waals surface area (Å²) in [6.07, 6.45) is 8.01. The van der Waals surface area contributed by atoms with Crippen LogP contribution in [0.1, 0.15) is 53.7 Å². The van der Waals surface area contributed by atoms with Gasteiger partial charge < -0.3 is 10.6 Å². The van der Waals surface area contributed by atoms with Crippen molar-refractivity contribution in [2.24, 2.45) is 0 Å². The highest BCUT2D eigenvalue weighted by Gasteiger charge is 2.14. The number of carbonyl (C=O) groups excluding carboxylic acids is 1. The van der Waals surface area contributed by atoms with Crippen LogP contribution < -0.4 is 10.6 Å².